The first-order valence-electron chi connectivity index (χ1n) is 6.70. The van der Waals surface area contributed by atoms with E-state index >= 15 is 0 Å². The molecule has 2 amide bonds. The first-order chi connectivity index (χ1) is 8.01. The van der Waals surface area contributed by atoms with E-state index in [4.69, 9.17) is 4.74 Å². The molecule has 98 valence electrons. The zero-order chi connectivity index (χ0) is 12.5. The minimum Gasteiger partial charge on any atom is -0.376 e. The fraction of sp³-hybridized carbons (Fsp3) is 0.923. The Morgan fingerprint density at radius 3 is 2.53 bits per heavy atom. The molecule has 17 heavy (non-hydrogen) atoms. The van der Waals surface area contributed by atoms with Gasteiger partial charge in [0.05, 0.1) is 11.6 Å². The second-order valence-electron chi connectivity index (χ2n) is 5.78. The smallest absolute Gasteiger partial charge is 0.317 e. The molecule has 0 aromatic rings. The van der Waals surface area contributed by atoms with Gasteiger partial charge in [-0.05, 0) is 39.0 Å². The van der Waals surface area contributed by atoms with Gasteiger partial charge < -0.3 is 15.0 Å². The van der Waals surface area contributed by atoms with Gasteiger partial charge in [0, 0.05) is 19.7 Å². The summed E-state index contributed by atoms with van der Waals surface area (Å²) in [6.45, 7) is 8.88. The third-order valence-corrected chi connectivity index (χ3v) is 4.35. The zero-order valence-corrected chi connectivity index (χ0v) is 11.2. The zero-order valence-electron chi connectivity index (χ0n) is 11.2. The quantitative estimate of drug-likeness (QED) is 0.761. The van der Waals surface area contributed by atoms with Gasteiger partial charge >= 0.3 is 6.03 Å². The lowest BCUT2D eigenvalue weighted by molar-refractivity contribution is 0.0865. The van der Waals surface area contributed by atoms with E-state index in [1.807, 2.05) is 11.8 Å². The highest BCUT2D eigenvalue weighted by Crippen LogP contribution is 2.26. The lowest BCUT2D eigenvalue weighted by Gasteiger charge is -2.35. The summed E-state index contributed by atoms with van der Waals surface area (Å²) in [5, 5.41) is 3.15. The van der Waals surface area contributed by atoms with E-state index in [9.17, 15) is 4.79 Å². The van der Waals surface area contributed by atoms with E-state index < -0.39 is 0 Å². The molecule has 2 atom stereocenters. The van der Waals surface area contributed by atoms with Crippen LogP contribution in [0.25, 0.3) is 0 Å². The first kappa shape index (κ1) is 12.7. The Bertz CT molecular complexity index is 287. The second-order valence-corrected chi connectivity index (χ2v) is 5.78. The Labute approximate surface area is 104 Å². The molecule has 4 nitrogen and oxygen atoms in total. The number of nitrogens with one attached hydrogen (secondary N) is 1. The number of hydrogen-bond donors (Lipinski definition) is 1. The summed E-state index contributed by atoms with van der Waals surface area (Å²) in [6, 6.07) is 0.0803. The maximum atomic E-state index is 12.2. The number of carbonyl (C=O) groups is 1. The van der Waals surface area contributed by atoms with Crippen molar-refractivity contribution in [2.75, 3.05) is 19.7 Å². The van der Waals surface area contributed by atoms with Gasteiger partial charge in [0.25, 0.3) is 0 Å². The molecular weight excluding hydrogens is 216 g/mol. The Kier molecular flexibility index (Phi) is 3.61. The average molecular weight is 240 g/mol. The molecule has 0 aliphatic carbocycles. The molecule has 0 saturated carbocycles. The van der Waals surface area contributed by atoms with Crippen LogP contribution in [0.3, 0.4) is 0 Å². The monoisotopic (exact) mass is 240 g/mol. The van der Waals surface area contributed by atoms with Crippen molar-refractivity contribution >= 4 is 6.03 Å². The molecule has 2 aliphatic heterocycles. The maximum absolute atomic E-state index is 12.2. The van der Waals surface area contributed by atoms with E-state index in [-0.39, 0.29) is 17.7 Å². The van der Waals surface area contributed by atoms with Gasteiger partial charge in [0.15, 0.2) is 0 Å². The molecule has 0 aromatic heterocycles. The predicted molar refractivity (Wildman–Crippen MR) is 66.9 cm³/mol. The highest BCUT2D eigenvalue weighted by atomic mass is 16.5. The number of carbonyl (C=O) groups excluding carboxylic acids is 1. The van der Waals surface area contributed by atoms with Gasteiger partial charge in [-0.25, -0.2) is 4.79 Å². The number of amides is 2. The Morgan fingerprint density at radius 2 is 2.00 bits per heavy atom. The van der Waals surface area contributed by atoms with Crippen molar-refractivity contribution < 1.29 is 9.53 Å². The van der Waals surface area contributed by atoms with Gasteiger partial charge in [0.2, 0.25) is 0 Å². The van der Waals surface area contributed by atoms with Crippen molar-refractivity contribution in [2.45, 2.75) is 51.7 Å². The van der Waals surface area contributed by atoms with Gasteiger partial charge in [0.1, 0.15) is 0 Å². The fourth-order valence-electron chi connectivity index (χ4n) is 2.53. The highest BCUT2D eigenvalue weighted by molar-refractivity contribution is 5.75. The van der Waals surface area contributed by atoms with E-state index in [1.54, 1.807) is 0 Å². The van der Waals surface area contributed by atoms with Crippen molar-refractivity contribution in [3.8, 4) is 0 Å². The minimum absolute atomic E-state index is 0.0803. The van der Waals surface area contributed by atoms with E-state index in [0.717, 1.165) is 44.9 Å². The average Bonchev–Trinajstić information content (AvgIpc) is 2.60. The van der Waals surface area contributed by atoms with Gasteiger partial charge in [-0.3, -0.25) is 0 Å². The molecule has 2 unspecified atom stereocenters. The Hall–Kier alpha value is -0.770. The molecule has 2 fully saturated rings. The molecule has 0 bridgehead atoms. The largest absolute Gasteiger partial charge is 0.376 e. The highest BCUT2D eigenvalue weighted by Gasteiger charge is 2.39. The topological polar surface area (TPSA) is 41.6 Å². The number of likely N-dealkylation sites (tertiary alicyclic amines) is 1. The molecule has 2 saturated heterocycles. The van der Waals surface area contributed by atoms with Crippen molar-refractivity contribution in [1.82, 2.24) is 10.2 Å². The normalized spacial score (nSPS) is 35.0. The molecule has 2 heterocycles. The number of nitrogens with zero attached hydrogens (tertiary/aromatic N) is 1. The van der Waals surface area contributed by atoms with Crippen molar-refractivity contribution in [1.29, 1.82) is 0 Å². The van der Waals surface area contributed by atoms with Crippen LogP contribution in [0.2, 0.25) is 0 Å². The minimum atomic E-state index is -0.194. The van der Waals surface area contributed by atoms with Gasteiger partial charge in [-0.1, -0.05) is 6.92 Å². The van der Waals surface area contributed by atoms with Crippen LogP contribution in [0.1, 0.15) is 40.0 Å². The van der Waals surface area contributed by atoms with Crippen LogP contribution in [0.15, 0.2) is 0 Å². The van der Waals surface area contributed by atoms with Crippen molar-refractivity contribution in [3.05, 3.63) is 0 Å². The molecule has 4 heteroatoms. The summed E-state index contributed by atoms with van der Waals surface area (Å²) in [4.78, 5) is 14.1. The molecule has 2 aliphatic rings. The van der Waals surface area contributed by atoms with E-state index in [0.29, 0.717) is 0 Å². The number of piperidine rings is 1. The molecule has 0 spiro atoms. The number of rotatable bonds is 1. The SMILES string of the molecule is CC1CCN(C(=O)NC2(C)CCOC2C)CC1. The summed E-state index contributed by atoms with van der Waals surface area (Å²) in [5.41, 5.74) is -0.194. The predicted octanol–water partition coefficient (Wildman–Crippen LogP) is 2.00. The molecule has 0 radical (unpaired) electrons. The number of hydrogen-bond acceptors (Lipinski definition) is 2. The van der Waals surface area contributed by atoms with E-state index in [2.05, 4.69) is 19.2 Å². The number of ether oxygens (including phenoxy) is 1. The van der Waals surface area contributed by atoms with Gasteiger partial charge in [-0.2, -0.15) is 0 Å². The lowest BCUT2D eigenvalue weighted by atomic mass is 9.94. The maximum Gasteiger partial charge on any atom is 0.317 e. The van der Waals surface area contributed by atoms with Crippen LogP contribution in [0.5, 0.6) is 0 Å². The first-order valence-corrected chi connectivity index (χ1v) is 6.70. The lowest BCUT2D eigenvalue weighted by Crippen LogP contribution is -2.56. The van der Waals surface area contributed by atoms with Gasteiger partial charge in [-0.15, -0.1) is 0 Å². The van der Waals surface area contributed by atoms with Crippen LogP contribution in [0, 0.1) is 5.92 Å². The van der Waals surface area contributed by atoms with Crippen molar-refractivity contribution in [2.24, 2.45) is 5.92 Å². The second kappa shape index (κ2) is 4.84. The van der Waals surface area contributed by atoms with Crippen LogP contribution in [-0.2, 0) is 4.74 Å². The summed E-state index contributed by atoms with van der Waals surface area (Å²) in [6.07, 6.45) is 3.26. The van der Waals surface area contributed by atoms with E-state index in [1.165, 1.54) is 0 Å². The molecule has 1 N–H and O–H groups in total. The summed E-state index contributed by atoms with van der Waals surface area (Å²) >= 11 is 0. The Morgan fingerprint density at radius 1 is 1.35 bits per heavy atom. The summed E-state index contributed by atoms with van der Waals surface area (Å²) < 4.78 is 5.54. The summed E-state index contributed by atoms with van der Waals surface area (Å²) in [5.74, 6) is 0.753. The van der Waals surface area contributed by atoms with Crippen LogP contribution in [0.4, 0.5) is 4.79 Å². The van der Waals surface area contributed by atoms with Crippen LogP contribution < -0.4 is 5.32 Å². The Balaban J connectivity index is 1.88. The van der Waals surface area contributed by atoms with Crippen molar-refractivity contribution in [3.63, 3.8) is 0 Å². The fourth-order valence-corrected chi connectivity index (χ4v) is 2.53. The molecule has 2 rings (SSSR count). The summed E-state index contributed by atoms with van der Waals surface area (Å²) in [7, 11) is 0. The molecule has 0 aromatic carbocycles. The third kappa shape index (κ3) is 2.73. The standard InChI is InChI=1S/C13H24N2O2/c1-10-4-7-15(8-5-10)12(16)14-13(3)6-9-17-11(13)2/h10-11H,4-9H2,1-3H3,(H,14,16). The third-order valence-electron chi connectivity index (χ3n) is 4.35. The van der Waals surface area contributed by atoms with Crippen LogP contribution in [-0.4, -0.2) is 42.3 Å². The van der Waals surface area contributed by atoms with Crippen LogP contribution >= 0.6 is 0 Å². The molecular formula is C13H24N2O2. The number of urea groups is 1.